The second-order valence-electron chi connectivity index (χ2n) is 19.2. The molecule has 4 aromatic carbocycles. The minimum Gasteiger partial charge on any atom is -0.497 e. The summed E-state index contributed by atoms with van der Waals surface area (Å²) in [5, 5.41) is 3.99. The number of esters is 1. The number of terminal acetylenes is 1. The maximum atomic E-state index is 14.0. The fourth-order valence-corrected chi connectivity index (χ4v) is 9.46. The van der Waals surface area contributed by atoms with E-state index in [0.717, 1.165) is 53.8 Å². The number of unbranched alkanes of at least 4 members (excludes halogenated alkanes) is 3. The molecule has 0 atom stereocenters. The highest BCUT2D eigenvalue weighted by Crippen LogP contribution is 2.50. The van der Waals surface area contributed by atoms with Gasteiger partial charge in [-0.05, 0) is 92.9 Å². The lowest BCUT2D eigenvalue weighted by molar-refractivity contribution is -0.438. The van der Waals surface area contributed by atoms with Crippen LogP contribution < -0.4 is 24.4 Å². The highest BCUT2D eigenvalue weighted by Gasteiger charge is 2.45. The van der Waals surface area contributed by atoms with Gasteiger partial charge in [0.2, 0.25) is 5.69 Å². The van der Waals surface area contributed by atoms with Crippen LogP contribution in [0.5, 0.6) is 17.2 Å². The van der Waals surface area contributed by atoms with Crippen LogP contribution in [0.4, 0.5) is 36.1 Å². The molecule has 0 unspecified atom stereocenters. The average molecular weight is 1010 g/mol. The number of hydrogen-bond donors (Lipinski definition) is 1. The van der Waals surface area contributed by atoms with Gasteiger partial charge in [-0.25, -0.2) is 9.97 Å². The first kappa shape index (κ1) is 54.4. The zero-order chi connectivity index (χ0) is 52.9. The number of fused-ring (bicyclic) bond motifs is 3. The van der Waals surface area contributed by atoms with Crippen LogP contribution in [0, 0.1) is 12.3 Å². The van der Waals surface area contributed by atoms with Crippen LogP contribution in [0.15, 0.2) is 127 Å². The lowest BCUT2D eigenvalue weighted by atomic mass is 9.81. The third-order valence-corrected chi connectivity index (χ3v) is 13.4. The molecule has 0 radical (unpaired) electrons. The van der Waals surface area contributed by atoms with Gasteiger partial charge in [0.15, 0.2) is 17.2 Å². The number of alkyl halides is 3. The number of aromatic nitrogens is 2. The Morgan fingerprint density at radius 2 is 1.59 bits per heavy atom. The molecule has 2 aliphatic rings. The van der Waals surface area contributed by atoms with Gasteiger partial charge in [0.05, 0.1) is 30.2 Å². The molecule has 74 heavy (non-hydrogen) atoms. The Hall–Kier alpha value is -7.37. The number of methoxy groups -OCH3 is 2. The molecule has 0 fully saturated rings. The Kier molecular flexibility index (Phi) is 18.1. The lowest BCUT2D eigenvalue weighted by Crippen LogP contribution is -2.27. The van der Waals surface area contributed by atoms with Gasteiger partial charge in [-0.15, -0.1) is 6.42 Å². The average Bonchev–Trinajstić information content (AvgIpc) is 3.73. The van der Waals surface area contributed by atoms with Crippen LogP contribution in [-0.4, -0.2) is 80.0 Å². The summed E-state index contributed by atoms with van der Waals surface area (Å²) in [5.74, 6) is 4.53. The normalized spacial score (nSPS) is 15.4. The van der Waals surface area contributed by atoms with Crippen molar-refractivity contribution in [2.45, 2.75) is 90.1 Å². The minimum atomic E-state index is -4.47. The van der Waals surface area contributed by atoms with E-state index >= 15 is 0 Å². The first-order valence-electron chi connectivity index (χ1n) is 25.2. The molecule has 3 heterocycles. The van der Waals surface area contributed by atoms with Crippen molar-refractivity contribution in [3.63, 3.8) is 0 Å². The lowest BCUT2D eigenvalue weighted by Gasteiger charge is -2.27. The first-order chi connectivity index (χ1) is 35.6. The quantitative estimate of drug-likeness (QED) is 0.0211. The van der Waals surface area contributed by atoms with E-state index in [2.05, 4.69) is 75.7 Å². The maximum Gasteiger partial charge on any atom is 0.416 e. The minimum absolute atomic E-state index is 0.0104. The van der Waals surface area contributed by atoms with E-state index in [9.17, 15) is 18.0 Å². The van der Waals surface area contributed by atoms with Crippen LogP contribution in [0.2, 0.25) is 0 Å². The van der Waals surface area contributed by atoms with Crippen molar-refractivity contribution in [1.82, 2.24) is 9.97 Å². The number of rotatable bonds is 24. The Balaban J connectivity index is 0.955. The van der Waals surface area contributed by atoms with Gasteiger partial charge in [0.1, 0.15) is 44.3 Å². The molecule has 5 aromatic rings. The Morgan fingerprint density at radius 3 is 2.35 bits per heavy atom. The van der Waals surface area contributed by atoms with Crippen molar-refractivity contribution in [2.24, 2.45) is 0 Å². The molecule has 14 heteroatoms. The van der Waals surface area contributed by atoms with E-state index < -0.39 is 17.2 Å². The topological polar surface area (TPSA) is 107 Å². The molecule has 7 rings (SSSR count). The van der Waals surface area contributed by atoms with Gasteiger partial charge in [0.25, 0.3) is 0 Å². The Labute approximate surface area is 433 Å². The number of anilines is 3. The van der Waals surface area contributed by atoms with Crippen LogP contribution >= 0.6 is 0 Å². The summed E-state index contributed by atoms with van der Waals surface area (Å²) in [7, 11) is 3.28. The summed E-state index contributed by atoms with van der Waals surface area (Å²) >= 11 is 0. The molecule has 11 nitrogen and oxygen atoms in total. The van der Waals surface area contributed by atoms with Crippen LogP contribution in [0.25, 0.3) is 10.9 Å². The summed E-state index contributed by atoms with van der Waals surface area (Å²) in [6.07, 6.45) is 21.0. The highest BCUT2D eigenvalue weighted by molar-refractivity contribution is 6.03. The van der Waals surface area contributed by atoms with Crippen molar-refractivity contribution in [1.29, 1.82) is 0 Å². The maximum absolute atomic E-state index is 14.0. The highest BCUT2D eigenvalue weighted by atomic mass is 19.4. The molecule has 1 aromatic heterocycles. The fraction of sp³-hybridized carbons (Fsp3) is 0.367. The number of nitrogens with zero attached hydrogens (tertiary/aromatic N) is 4. The predicted molar refractivity (Wildman–Crippen MR) is 288 cm³/mol. The summed E-state index contributed by atoms with van der Waals surface area (Å²) in [5.41, 5.74) is 6.42. The Bertz CT molecular complexity index is 3000. The third-order valence-electron chi connectivity index (χ3n) is 13.4. The van der Waals surface area contributed by atoms with Gasteiger partial charge in [0, 0.05) is 83.7 Å². The number of carbonyl (C=O) groups excluding carboxylic acids is 1. The molecule has 1 N–H and O–H groups in total. The smallest absolute Gasteiger partial charge is 0.416 e. The third kappa shape index (κ3) is 12.9. The second kappa shape index (κ2) is 24.6. The summed E-state index contributed by atoms with van der Waals surface area (Å²) < 4.78 is 72.8. The van der Waals surface area contributed by atoms with Gasteiger partial charge >= 0.3 is 12.1 Å². The fourth-order valence-electron chi connectivity index (χ4n) is 9.46. The van der Waals surface area contributed by atoms with Gasteiger partial charge in [-0.1, -0.05) is 76.0 Å². The van der Waals surface area contributed by atoms with Crippen molar-refractivity contribution >= 4 is 45.5 Å². The van der Waals surface area contributed by atoms with Crippen molar-refractivity contribution in [3.05, 3.63) is 150 Å². The van der Waals surface area contributed by atoms with E-state index in [1.165, 1.54) is 29.4 Å². The number of halogens is 3. The molecule has 0 aliphatic carbocycles. The number of hydrogen-bond acceptors (Lipinski definition) is 10. The number of nitrogens with one attached hydrogen (secondary N) is 1. The molecule has 388 valence electrons. The van der Waals surface area contributed by atoms with Crippen LogP contribution in [-0.2, 0) is 31.3 Å². The van der Waals surface area contributed by atoms with Gasteiger partial charge in [-0.2, -0.15) is 17.7 Å². The van der Waals surface area contributed by atoms with E-state index in [1.54, 1.807) is 32.4 Å². The molecule has 0 amide bonds. The van der Waals surface area contributed by atoms with E-state index in [4.69, 9.17) is 30.1 Å². The second-order valence-corrected chi connectivity index (χ2v) is 19.2. The molecular weight excluding hydrogens is 944 g/mol. The molecule has 2 aliphatic heterocycles. The van der Waals surface area contributed by atoms with Gasteiger partial charge < -0.3 is 33.9 Å². The van der Waals surface area contributed by atoms with E-state index in [1.807, 2.05) is 74.6 Å². The van der Waals surface area contributed by atoms with Crippen molar-refractivity contribution in [3.8, 4) is 29.6 Å². The molecule has 0 spiro atoms. The summed E-state index contributed by atoms with van der Waals surface area (Å²) in [4.78, 5) is 23.9. The standard InChI is InChI=1S/C60H67F3N5O6/c1-9-11-30-67-51-29-27-45(71-8)38-48(51)59(5,6)55(67)24-17-14-12-13-16-23-54-58(3,4)47-37-43(60(61,62)63)26-28-50(47)68(54)31-19-15-18-25-56(69)74-35-34-73-52-39-46-49(40-53(52)72-33-32-70-7)64-41-65-57(46)66-44-22-20-21-42(10-2)36-44/h2,12-14,16-17,20-24,26-29,36-41H,9,11,15,18-19,25,30-35H2,1,3-8H3,(H,64,65,66)/q+1. The predicted octanol–water partition coefficient (Wildman–Crippen LogP) is 13.1. The SMILES string of the molecule is C#Cc1cccc(Nc2ncnc3cc(OCCOC)c(OCCOC(=O)CCCCCN4/C(=C/C=C/C=C/C=C/C5=[N+](CCCC)c6ccc(OC)cc6C5(C)C)C(C)(C)c5cc(C(F)(F)F)ccc54)cc23)c1. The number of carbonyl (C=O) groups is 1. The summed E-state index contributed by atoms with van der Waals surface area (Å²) in [6, 6.07) is 21.3. The van der Waals surface area contributed by atoms with Crippen LogP contribution in [0.1, 0.15) is 95.4 Å². The zero-order valence-corrected chi connectivity index (χ0v) is 43.5. The van der Waals surface area contributed by atoms with Crippen LogP contribution in [0.3, 0.4) is 0 Å². The van der Waals surface area contributed by atoms with E-state index in [-0.39, 0.29) is 37.6 Å². The first-order valence-corrected chi connectivity index (χ1v) is 25.2. The monoisotopic (exact) mass is 1010 g/mol. The molecular formula is C60H67F3N5O6+. The largest absolute Gasteiger partial charge is 0.497 e. The molecule has 0 saturated heterocycles. The Morgan fingerprint density at radius 1 is 0.824 bits per heavy atom. The number of benzene rings is 4. The molecule has 0 saturated carbocycles. The van der Waals surface area contributed by atoms with Crippen molar-refractivity contribution in [2.75, 3.05) is 64.0 Å². The number of ether oxygens (including phenoxy) is 5. The molecule has 0 bridgehead atoms. The zero-order valence-electron chi connectivity index (χ0n) is 43.5. The number of allylic oxidation sites excluding steroid dienone is 8. The van der Waals surface area contributed by atoms with Gasteiger partial charge in [-0.3, -0.25) is 4.79 Å². The summed E-state index contributed by atoms with van der Waals surface area (Å²) in [6.45, 7) is 12.8. The van der Waals surface area contributed by atoms with E-state index in [0.29, 0.717) is 66.2 Å². The van der Waals surface area contributed by atoms with Crippen molar-refractivity contribution < 1.29 is 46.2 Å².